The number of ether oxygens (including phenoxy) is 5. The molecule has 3 fully saturated rings. The van der Waals surface area contributed by atoms with E-state index in [0.717, 1.165) is 42.0 Å². The Balaban J connectivity index is -0.000000331. The monoisotopic (exact) mass is 3010 g/mol. The fourth-order valence-corrected chi connectivity index (χ4v) is 14.4. The van der Waals surface area contributed by atoms with E-state index in [4.69, 9.17) is 34.5 Å². The maximum absolute atomic E-state index is 11.3. The number of nitrogens with zero attached hydrogens (tertiary/aromatic N) is 2. The van der Waals surface area contributed by atoms with Crippen molar-refractivity contribution in [2.75, 3.05) is 40.1 Å². The number of allylic oxidation sites excluding steroid dienone is 6. The molecule has 4 aliphatic heterocycles. The van der Waals surface area contributed by atoms with E-state index in [0.29, 0.717) is 24.3 Å². The van der Waals surface area contributed by atoms with Crippen LogP contribution in [0.2, 0.25) is 0 Å². The molecule has 0 aliphatic carbocycles. The summed E-state index contributed by atoms with van der Waals surface area (Å²) in [5.74, 6) is -0.911. The molecule has 2 amide bonds. The average molecular weight is 3010 g/mol. The fourth-order valence-electron chi connectivity index (χ4n) is 13.8. The molecule has 15 atom stereocenters. The van der Waals surface area contributed by atoms with Crippen molar-refractivity contribution in [3.8, 4) is 0 Å². The molecule has 4 aliphatic rings. The quantitative estimate of drug-likeness (QED) is 0.0127. The number of hydrogen-bond donors (Lipinski definition) is 10. The van der Waals surface area contributed by atoms with Crippen LogP contribution >= 0.6 is 15.9 Å². The van der Waals surface area contributed by atoms with E-state index < -0.39 is 73.6 Å². The number of aliphatic hydroxyl groups excluding tert-OH is 9. The molecule has 1 aromatic carbocycles. The first-order chi connectivity index (χ1) is 54.1. The molecule has 6 radical (unpaired) electrons. The molecule has 118 heavy (non-hydrogen) atoms. The third-order valence-electron chi connectivity index (χ3n) is 21.2. The Labute approximate surface area is 941 Å². The van der Waals surface area contributed by atoms with Gasteiger partial charge < -0.3 is 75.4 Å². The molecule has 0 bridgehead atoms. The fraction of sp³-hybridized carbons (Fsp3) is 0.793. The van der Waals surface area contributed by atoms with Crippen LogP contribution in [0, 0.1) is 297 Å². The first-order valence-corrected chi connectivity index (χ1v) is 45.3. The molecule has 3 saturated heterocycles. The zero-order chi connectivity index (χ0) is 82.9. The van der Waals surface area contributed by atoms with Gasteiger partial charge >= 0.3 is 0 Å². The first kappa shape index (κ1) is 134. The zero-order valence-corrected chi connectivity index (χ0v) is 105. The molecule has 11 N–H and O–H groups in total. The minimum absolute atomic E-state index is 0. The van der Waals surface area contributed by atoms with E-state index in [1.165, 1.54) is 263 Å². The second kappa shape index (κ2) is 91.4. The maximum atomic E-state index is 11.3. The average Bonchev–Trinajstić information content (AvgIpc) is 1.63. The Morgan fingerprint density at radius 1 is 0.398 bits per heavy atom. The summed E-state index contributed by atoms with van der Waals surface area (Å²) < 4.78 is 27.6. The molecule has 1 aromatic heterocycles. The summed E-state index contributed by atoms with van der Waals surface area (Å²) in [5.41, 5.74) is 10.4. The summed E-state index contributed by atoms with van der Waals surface area (Å²) >= 11 is 3.20. The van der Waals surface area contributed by atoms with Gasteiger partial charge in [0.15, 0.2) is 12.6 Å². The summed E-state index contributed by atoms with van der Waals surface area (Å²) in [6.07, 6.45) is 60.9. The summed E-state index contributed by atoms with van der Waals surface area (Å²) in [5, 5.41) is 85.3. The van der Waals surface area contributed by atoms with Gasteiger partial charge in [-0.15, -0.1) is 0 Å². The molecule has 2 aromatic rings. The molecule has 0 saturated carbocycles. The predicted octanol–water partition coefficient (Wildman–Crippen LogP) is 18.7. The van der Waals surface area contributed by atoms with Gasteiger partial charge in [-0.05, 0) is 140 Å². The van der Waals surface area contributed by atoms with Gasteiger partial charge in [0.05, 0.1) is 49.2 Å². The molecular formula is C92H164Ac6BrN3O16. The number of amides is 2. The molecule has 26 heteroatoms. The Morgan fingerprint density at radius 2 is 0.661 bits per heavy atom. The number of aliphatic hydroxyl groups is 9. The van der Waals surface area contributed by atoms with Gasteiger partial charge in [0.2, 0.25) is 0 Å². The van der Waals surface area contributed by atoms with E-state index in [-0.39, 0.29) is 313 Å². The minimum Gasteiger partial charge on any atom is -0.394 e. The molecule has 668 valence electrons. The second-order valence-electron chi connectivity index (χ2n) is 31.6. The summed E-state index contributed by atoms with van der Waals surface area (Å²) in [6, 6.07) is 10.2. The molecule has 0 spiro atoms. The summed E-state index contributed by atoms with van der Waals surface area (Å²) in [6.45, 7) is 18.9. The number of alkyl halides is 1. The van der Waals surface area contributed by atoms with Crippen LogP contribution in [-0.4, -0.2) is 186 Å². The van der Waals surface area contributed by atoms with Crippen LogP contribution in [0.25, 0.3) is 0 Å². The van der Waals surface area contributed by atoms with Crippen LogP contribution in [-0.2, 0) is 23.7 Å². The molecule has 19 nitrogen and oxygen atoms in total. The topological polar surface area (TPSA) is 305 Å². The van der Waals surface area contributed by atoms with Crippen molar-refractivity contribution >= 4 is 27.7 Å². The number of carbonyl (C=O) groups excluding carboxylic acids is 2. The number of imide groups is 1. The van der Waals surface area contributed by atoms with Gasteiger partial charge in [0, 0.05) is 308 Å². The number of halogens is 1. The third-order valence-corrected chi connectivity index (χ3v) is 22.3. The Hall–Kier alpha value is 5.26. The number of aromatic nitrogens is 1. The van der Waals surface area contributed by atoms with E-state index in [2.05, 4.69) is 104 Å². The van der Waals surface area contributed by atoms with Crippen LogP contribution in [0.3, 0.4) is 0 Å². The van der Waals surface area contributed by atoms with E-state index in [1.54, 1.807) is 38.1 Å². The van der Waals surface area contributed by atoms with Crippen LogP contribution < -0.4 is 5.73 Å². The number of aryl methyl sites for hydroxylation is 3. The molecule has 10 unspecified atom stereocenters. The first-order valence-electron chi connectivity index (χ1n) is 44.4. The summed E-state index contributed by atoms with van der Waals surface area (Å²) in [7, 11) is 1.49. The number of rotatable bonds is 52. The van der Waals surface area contributed by atoms with Crippen LogP contribution in [0.1, 0.15) is 355 Å². The SMILES string of the molecule is CC1C(Br)OC(CO)[C@@H](O)C1O.CCCCCCCC/C=C\CCCCCCCCC.CCCCCCCC/C=C\CCCCCCCCO[C@@H]1OC(CO)[C@@H](O)C(O)C1C.CCCCCCCC/C=C\CCCCCCCCO[C@@H]1OC(CO)[C@@H](O)C(O)C1N.CN1C(=O)c2ccccc2C1=O.Cc1cc(C)nc(C)c1.[Ac].[Ac].[Ac].[Ac].[Ac].[Ac]. The standard InChI is InChI=1S/C25H48O5.C24H47NO5.C19H38.C9H7NO2.C8H11N.C7H13BrO4.6Ac/c1-3-4-5-6-7-8-9-10-11-12-13-14-15-16-17-18-19-29-25-21(2)23(27)24(28)22(20-26)30-25;1-2-3-4-5-6-7-8-9-10-11-12-13-14-15-16-17-18-29-24-21(25)23(28)22(27)20(19-26)30-24;1-3-5-7-9-11-13-15-17-19-18-16-14-12-10-8-6-4-2;1-10-8(11)6-4-2-3-5-7(6)9(10)12;1-6-4-7(2)9-8(3)5-6;1-3-5(10)6(11)4(2-9)12-7(3)8;;;;;;/h10-11,21-28H,3-9,12-20H2,1-2H3;9-10,20-24,26-28H,2-8,11-19,25H2,1H3;17,19H,3-16,18H2,1-2H3;2-5H,1H3;4-5H,1-3H3;3-7,9-11H,2H2,1H3;;;;;;/b11-10-;10-9-;19-17-;;;;;;;;;/t21?,22?,23?,24-,25-;20?,21?,22-,23?,24-;;;;3?,4?,5?,6-,7?;;;;;;/m11...1....../s1. The van der Waals surface area contributed by atoms with Crippen molar-refractivity contribution in [3.63, 3.8) is 0 Å². The van der Waals surface area contributed by atoms with Gasteiger partial charge in [-0.25, -0.2) is 0 Å². The van der Waals surface area contributed by atoms with Gasteiger partial charge in [-0.3, -0.25) is 19.5 Å². The van der Waals surface area contributed by atoms with Crippen molar-refractivity contribution in [3.05, 3.63) is 101 Å². The largest absolute Gasteiger partial charge is 0.394 e. The van der Waals surface area contributed by atoms with Crippen molar-refractivity contribution in [1.82, 2.24) is 9.88 Å². The normalized spacial score (nSPS) is 23.0. The maximum Gasteiger partial charge on any atom is 0.261 e. The number of carbonyl (C=O) groups is 2. The van der Waals surface area contributed by atoms with Gasteiger partial charge in [0.1, 0.15) is 47.7 Å². The van der Waals surface area contributed by atoms with Gasteiger partial charge in [-0.2, -0.15) is 0 Å². The third kappa shape index (κ3) is 65.0. The van der Waals surface area contributed by atoms with Crippen molar-refractivity contribution in [1.29, 1.82) is 0 Å². The van der Waals surface area contributed by atoms with Crippen LogP contribution in [0.15, 0.2) is 72.9 Å². The zero-order valence-electron chi connectivity index (χ0n) is 75.2. The van der Waals surface area contributed by atoms with E-state index >= 15 is 0 Å². The van der Waals surface area contributed by atoms with Crippen molar-refractivity contribution < 1.29 is 344 Å². The van der Waals surface area contributed by atoms with Crippen molar-refractivity contribution in [2.45, 2.75) is 417 Å². The minimum atomic E-state index is -1.18. The number of pyridine rings is 1. The molecule has 6 rings (SSSR count). The number of fused-ring (bicyclic) bond motifs is 1. The van der Waals surface area contributed by atoms with E-state index in [9.17, 15) is 50.4 Å². The number of hydrogen-bond acceptors (Lipinski definition) is 18. The Bertz CT molecular complexity index is 2500. The smallest absolute Gasteiger partial charge is 0.261 e. The Morgan fingerprint density at radius 3 is 0.966 bits per heavy atom. The van der Waals surface area contributed by atoms with Crippen LogP contribution in [0.5, 0.6) is 0 Å². The van der Waals surface area contributed by atoms with Crippen LogP contribution in [0.4, 0.5) is 0 Å². The van der Waals surface area contributed by atoms with Gasteiger partial charge in [-0.1, -0.05) is 292 Å². The number of benzene rings is 1. The number of nitrogens with two attached hydrogens (primary N) is 1. The van der Waals surface area contributed by atoms with Crippen molar-refractivity contribution in [2.24, 2.45) is 17.6 Å². The molecular weight excluding hydrogens is 2840 g/mol. The number of unbranched alkanes of at least 4 members (excludes halogenated alkanes) is 37. The van der Waals surface area contributed by atoms with E-state index in [1.807, 2.05) is 13.8 Å². The summed E-state index contributed by atoms with van der Waals surface area (Å²) in [4.78, 5) is 28.0. The second-order valence-corrected chi connectivity index (χ2v) is 32.5. The predicted molar refractivity (Wildman–Crippen MR) is 460 cm³/mol. The Kier molecular flexibility index (Phi) is 104. The molecule has 5 heterocycles. The van der Waals surface area contributed by atoms with Gasteiger partial charge in [0.25, 0.3) is 11.8 Å².